The molecule has 0 aliphatic carbocycles. The van der Waals surface area contributed by atoms with Gasteiger partial charge < -0.3 is 24.7 Å². The van der Waals surface area contributed by atoms with E-state index in [9.17, 15) is 9.59 Å². The lowest BCUT2D eigenvalue weighted by molar-refractivity contribution is -0.118. The van der Waals surface area contributed by atoms with Crippen molar-refractivity contribution in [2.45, 2.75) is 31.7 Å². The maximum absolute atomic E-state index is 13.0. The summed E-state index contributed by atoms with van der Waals surface area (Å²) in [6, 6.07) is 17.3. The average Bonchev–Trinajstić information content (AvgIpc) is 3.44. The topological polar surface area (TPSA) is 81.6 Å². The van der Waals surface area contributed by atoms with Crippen molar-refractivity contribution in [2.24, 2.45) is 7.05 Å². The number of carbonyl (C=O) groups excluding carboxylic acids is 2. The standard InChI is InChI=1S/C26H31N3O4/c1-3-32-14-7-15-33-26(31)23-17-19-16-20(10-11-22(19)29(23)2)28-25(30)24-21(12-13-27-24)18-8-5-4-6-9-18/h4-6,8-11,16-17,21,24,27H,3,7,12-15H2,1-2H3,(H,28,30)/t21-,24-/m0/s1. The number of amides is 1. The Labute approximate surface area is 194 Å². The van der Waals surface area contributed by atoms with Crippen LogP contribution < -0.4 is 10.6 Å². The van der Waals surface area contributed by atoms with Crippen LogP contribution in [0.15, 0.2) is 54.6 Å². The summed E-state index contributed by atoms with van der Waals surface area (Å²) < 4.78 is 12.5. The van der Waals surface area contributed by atoms with E-state index < -0.39 is 0 Å². The van der Waals surface area contributed by atoms with Crippen LogP contribution in [0.5, 0.6) is 0 Å². The normalized spacial score (nSPS) is 17.9. The number of fused-ring (bicyclic) bond motifs is 1. The largest absolute Gasteiger partial charge is 0.461 e. The number of esters is 1. The summed E-state index contributed by atoms with van der Waals surface area (Å²) in [7, 11) is 1.84. The van der Waals surface area contributed by atoms with Gasteiger partial charge in [0.2, 0.25) is 5.91 Å². The first kappa shape index (κ1) is 23.0. The van der Waals surface area contributed by atoms with Crippen molar-refractivity contribution in [1.29, 1.82) is 0 Å². The van der Waals surface area contributed by atoms with Crippen LogP contribution in [0.1, 0.15) is 41.7 Å². The number of hydrogen-bond acceptors (Lipinski definition) is 5. The lowest BCUT2D eigenvalue weighted by Crippen LogP contribution is -2.39. The molecule has 0 spiro atoms. The molecule has 1 aliphatic heterocycles. The quantitative estimate of drug-likeness (QED) is 0.383. The fourth-order valence-electron chi connectivity index (χ4n) is 4.43. The molecule has 0 unspecified atom stereocenters. The summed E-state index contributed by atoms with van der Waals surface area (Å²) in [6.07, 6.45) is 1.59. The zero-order valence-electron chi connectivity index (χ0n) is 19.2. The van der Waals surface area contributed by atoms with Gasteiger partial charge in [-0.15, -0.1) is 0 Å². The predicted molar refractivity (Wildman–Crippen MR) is 129 cm³/mol. The molecule has 7 nitrogen and oxygen atoms in total. The molecule has 2 heterocycles. The number of rotatable bonds is 9. The maximum atomic E-state index is 13.0. The van der Waals surface area contributed by atoms with E-state index in [4.69, 9.17) is 9.47 Å². The molecule has 7 heteroatoms. The predicted octanol–water partition coefficient (Wildman–Crippen LogP) is 3.85. The Morgan fingerprint density at radius 3 is 2.73 bits per heavy atom. The van der Waals surface area contributed by atoms with Gasteiger partial charge in [0.05, 0.1) is 12.6 Å². The SMILES string of the molecule is CCOCCCOC(=O)c1cc2cc(NC(=O)[C@H]3NCC[C@H]3c3ccccc3)ccc2n1C. The number of aromatic nitrogens is 1. The minimum absolute atomic E-state index is 0.0504. The van der Waals surface area contributed by atoms with Crippen LogP contribution in [0.2, 0.25) is 0 Å². The summed E-state index contributed by atoms with van der Waals surface area (Å²) in [5.41, 5.74) is 3.25. The molecule has 1 aromatic heterocycles. The van der Waals surface area contributed by atoms with Crippen LogP contribution in [-0.4, -0.2) is 48.9 Å². The smallest absolute Gasteiger partial charge is 0.354 e. The Hall–Kier alpha value is -3.16. The first-order chi connectivity index (χ1) is 16.1. The van der Waals surface area contributed by atoms with E-state index in [1.54, 1.807) is 6.07 Å². The number of carbonyl (C=O) groups is 2. The van der Waals surface area contributed by atoms with E-state index in [1.807, 2.05) is 54.9 Å². The van der Waals surface area contributed by atoms with Crippen molar-refractivity contribution in [3.8, 4) is 0 Å². The number of ether oxygens (including phenoxy) is 2. The lowest BCUT2D eigenvalue weighted by Gasteiger charge is -2.19. The second kappa shape index (κ2) is 10.6. The Morgan fingerprint density at radius 1 is 1.12 bits per heavy atom. The second-order valence-electron chi connectivity index (χ2n) is 8.28. The zero-order chi connectivity index (χ0) is 23.2. The number of benzene rings is 2. The molecule has 0 saturated carbocycles. The minimum Gasteiger partial charge on any atom is -0.461 e. The third kappa shape index (κ3) is 5.26. The van der Waals surface area contributed by atoms with Gasteiger partial charge in [-0.2, -0.15) is 0 Å². The van der Waals surface area contributed by atoms with E-state index in [1.165, 1.54) is 5.56 Å². The molecule has 1 aliphatic rings. The van der Waals surface area contributed by atoms with Gasteiger partial charge in [-0.3, -0.25) is 4.79 Å². The number of nitrogens with one attached hydrogen (secondary N) is 2. The summed E-state index contributed by atoms with van der Waals surface area (Å²) in [6.45, 7) is 4.29. The highest BCUT2D eigenvalue weighted by molar-refractivity contribution is 6.00. The molecule has 174 valence electrons. The third-order valence-corrected chi connectivity index (χ3v) is 6.12. The molecular formula is C26H31N3O4. The Kier molecular flexibility index (Phi) is 7.42. The van der Waals surface area contributed by atoms with Gasteiger partial charge in [0.25, 0.3) is 0 Å². The molecule has 4 rings (SSSR count). The molecule has 2 aromatic carbocycles. The molecule has 2 N–H and O–H groups in total. The molecule has 1 amide bonds. The van der Waals surface area contributed by atoms with Gasteiger partial charge in [0.15, 0.2) is 0 Å². The molecule has 0 radical (unpaired) electrons. The van der Waals surface area contributed by atoms with Crippen LogP contribution in [0.25, 0.3) is 10.9 Å². The fraction of sp³-hybridized carbons (Fsp3) is 0.385. The van der Waals surface area contributed by atoms with Crippen molar-refractivity contribution in [3.63, 3.8) is 0 Å². The van der Waals surface area contributed by atoms with E-state index in [0.717, 1.165) is 23.9 Å². The molecule has 0 bridgehead atoms. The molecule has 2 atom stereocenters. The first-order valence-corrected chi connectivity index (χ1v) is 11.5. The van der Waals surface area contributed by atoms with Crippen molar-refractivity contribution in [2.75, 3.05) is 31.7 Å². The lowest BCUT2D eigenvalue weighted by atomic mass is 9.91. The van der Waals surface area contributed by atoms with Gasteiger partial charge in [-0.05, 0) is 49.7 Å². The monoisotopic (exact) mass is 449 g/mol. The van der Waals surface area contributed by atoms with E-state index >= 15 is 0 Å². The summed E-state index contributed by atoms with van der Waals surface area (Å²) >= 11 is 0. The maximum Gasteiger partial charge on any atom is 0.354 e. The zero-order valence-corrected chi connectivity index (χ0v) is 19.2. The number of hydrogen-bond donors (Lipinski definition) is 2. The van der Waals surface area contributed by atoms with E-state index in [2.05, 4.69) is 22.8 Å². The highest BCUT2D eigenvalue weighted by atomic mass is 16.5. The fourth-order valence-corrected chi connectivity index (χ4v) is 4.43. The molecule has 33 heavy (non-hydrogen) atoms. The van der Waals surface area contributed by atoms with E-state index in [-0.39, 0.29) is 23.8 Å². The highest BCUT2D eigenvalue weighted by Crippen LogP contribution is 2.29. The van der Waals surface area contributed by atoms with E-state index in [0.29, 0.717) is 37.6 Å². The Morgan fingerprint density at radius 2 is 1.94 bits per heavy atom. The number of anilines is 1. The highest BCUT2D eigenvalue weighted by Gasteiger charge is 2.33. The Balaban J connectivity index is 1.43. The molecular weight excluding hydrogens is 418 g/mol. The van der Waals surface area contributed by atoms with Gasteiger partial charge >= 0.3 is 5.97 Å². The van der Waals surface area contributed by atoms with Crippen molar-refractivity contribution in [1.82, 2.24) is 9.88 Å². The van der Waals surface area contributed by atoms with Crippen LogP contribution in [0, 0.1) is 0 Å². The summed E-state index contributed by atoms with van der Waals surface area (Å²) in [5.74, 6) is -0.266. The van der Waals surface area contributed by atoms with Gasteiger partial charge in [0.1, 0.15) is 5.69 Å². The van der Waals surface area contributed by atoms with Crippen LogP contribution in [0.3, 0.4) is 0 Å². The van der Waals surface area contributed by atoms with Gasteiger partial charge in [-0.25, -0.2) is 4.79 Å². The van der Waals surface area contributed by atoms with Crippen LogP contribution in [-0.2, 0) is 21.3 Å². The second-order valence-corrected chi connectivity index (χ2v) is 8.28. The van der Waals surface area contributed by atoms with Crippen LogP contribution >= 0.6 is 0 Å². The third-order valence-electron chi connectivity index (χ3n) is 6.12. The minimum atomic E-state index is -0.364. The first-order valence-electron chi connectivity index (χ1n) is 11.5. The van der Waals surface area contributed by atoms with Crippen LogP contribution in [0.4, 0.5) is 5.69 Å². The average molecular weight is 450 g/mol. The summed E-state index contributed by atoms with van der Waals surface area (Å²) in [4.78, 5) is 25.6. The summed E-state index contributed by atoms with van der Waals surface area (Å²) in [5, 5.41) is 7.25. The number of nitrogens with zero attached hydrogens (tertiary/aromatic N) is 1. The number of aryl methyl sites for hydroxylation is 1. The Bertz CT molecular complexity index is 1110. The van der Waals surface area contributed by atoms with Gasteiger partial charge in [-0.1, -0.05) is 30.3 Å². The van der Waals surface area contributed by atoms with Gasteiger partial charge in [0, 0.05) is 49.2 Å². The van der Waals surface area contributed by atoms with Crippen molar-refractivity contribution < 1.29 is 19.1 Å². The van der Waals surface area contributed by atoms with Crippen molar-refractivity contribution in [3.05, 3.63) is 65.9 Å². The molecule has 1 saturated heterocycles. The van der Waals surface area contributed by atoms with Crippen molar-refractivity contribution >= 4 is 28.5 Å². The molecule has 3 aromatic rings. The molecule has 1 fully saturated rings.